The number of nitrogens with one attached hydrogen (secondary N) is 1. The molecule has 0 amide bonds. The first-order valence-corrected chi connectivity index (χ1v) is 25.2. The lowest BCUT2D eigenvalue weighted by Gasteiger charge is -2.28. The van der Waals surface area contributed by atoms with E-state index in [1.807, 2.05) is 7.05 Å². The Morgan fingerprint density at radius 2 is 0.661 bits per heavy atom. The summed E-state index contributed by atoms with van der Waals surface area (Å²) < 4.78 is 11.0. The van der Waals surface area contributed by atoms with Gasteiger partial charge in [-0.3, -0.25) is 9.59 Å². The van der Waals surface area contributed by atoms with Gasteiger partial charge >= 0.3 is 11.9 Å². The highest BCUT2D eigenvalue weighted by molar-refractivity contribution is 5.69. The number of hydrogen-bond donors (Lipinski definition) is 2. The van der Waals surface area contributed by atoms with Crippen LogP contribution < -0.4 is 5.32 Å². The van der Waals surface area contributed by atoms with Crippen molar-refractivity contribution in [2.24, 2.45) is 0 Å². The number of aliphatic hydroxyl groups is 1. The molecule has 0 fully saturated rings. The molecule has 0 unspecified atom stereocenters. The van der Waals surface area contributed by atoms with Crippen molar-refractivity contribution in [1.29, 1.82) is 0 Å². The fraction of sp³-hybridized carbons (Fsp3) is 0.960. The van der Waals surface area contributed by atoms with E-state index in [1.54, 1.807) is 0 Å². The Balaban J connectivity index is 3.83. The van der Waals surface area contributed by atoms with Crippen molar-refractivity contribution in [2.45, 2.75) is 283 Å². The van der Waals surface area contributed by atoms with Gasteiger partial charge in [-0.15, -0.1) is 0 Å². The van der Waals surface area contributed by atoms with E-state index < -0.39 is 5.60 Å². The highest BCUT2D eigenvalue weighted by Gasteiger charge is 2.25. The lowest BCUT2D eigenvalue weighted by molar-refractivity contribution is -0.144. The average molecular weight is 794 g/mol. The summed E-state index contributed by atoms with van der Waals surface area (Å²) in [5.74, 6) is -0.0700. The maximum atomic E-state index is 12.2. The summed E-state index contributed by atoms with van der Waals surface area (Å²) in [7, 11) is 1.99. The minimum absolute atomic E-state index is 0.0350. The number of carbonyl (C=O) groups is 2. The van der Waals surface area contributed by atoms with E-state index in [0.717, 1.165) is 116 Å². The zero-order chi connectivity index (χ0) is 40.9. The van der Waals surface area contributed by atoms with Gasteiger partial charge in [0.25, 0.3) is 0 Å². The molecule has 0 atom stereocenters. The predicted octanol–water partition coefficient (Wildman–Crippen LogP) is 15.1. The third-order valence-corrected chi connectivity index (χ3v) is 11.9. The second-order valence-electron chi connectivity index (χ2n) is 17.5. The summed E-state index contributed by atoms with van der Waals surface area (Å²) >= 11 is 0. The highest BCUT2D eigenvalue weighted by atomic mass is 16.5. The summed E-state index contributed by atoms with van der Waals surface area (Å²) in [6.45, 7) is 6.60. The Labute approximate surface area is 350 Å². The molecule has 6 nitrogen and oxygen atoms in total. The Hall–Kier alpha value is -1.14. The zero-order valence-corrected chi connectivity index (χ0v) is 38.2. The lowest BCUT2D eigenvalue weighted by Crippen LogP contribution is -2.29. The molecule has 334 valence electrons. The van der Waals surface area contributed by atoms with Crippen LogP contribution in [-0.4, -0.2) is 49.5 Å². The molecule has 0 heterocycles. The molecule has 2 N–H and O–H groups in total. The van der Waals surface area contributed by atoms with E-state index in [1.165, 1.54) is 141 Å². The molecule has 0 saturated carbocycles. The van der Waals surface area contributed by atoms with Crippen LogP contribution in [0.4, 0.5) is 0 Å². The molecule has 0 saturated heterocycles. The average Bonchev–Trinajstić information content (AvgIpc) is 3.19. The summed E-state index contributed by atoms with van der Waals surface area (Å²) in [4.78, 5) is 24.3. The fourth-order valence-electron chi connectivity index (χ4n) is 8.04. The van der Waals surface area contributed by atoms with Gasteiger partial charge in [-0.05, 0) is 71.4 Å². The Bertz CT molecular complexity index is 748. The molecule has 0 rings (SSSR count). The molecule has 0 aromatic heterocycles. The van der Waals surface area contributed by atoms with Crippen LogP contribution in [-0.2, 0) is 19.1 Å². The van der Waals surface area contributed by atoms with E-state index in [-0.39, 0.29) is 11.9 Å². The molecule has 0 aromatic rings. The molecular formula is C50H99NO5. The summed E-state index contributed by atoms with van der Waals surface area (Å²) in [6, 6.07) is 0. The molecule has 0 aromatic carbocycles. The molecule has 56 heavy (non-hydrogen) atoms. The van der Waals surface area contributed by atoms with Crippen LogP contribution in [0.1, 0.15) is 277 Å². The number of hydrogen-bond acceptors (Lipinski definition) is 6. The van der Waals surface area contributed by atoms with Crippen molar-refractivity contribution in [2.75, 3.05) is 26.8 Å². The minimum atomic E-state index is -0.589. The monoisotopic (exact) mass is 794 g/mol. The van der Waals surface area contributed by atoms with Gasteiger partial charge in [0.05, 0.1) is 18.8 Å². The topological polar surface area (TPSA) is 84.9 Å². The van der Waals surface area contributed by atoms with Gasteiger partial charge in [-0.2, -0.15) is 0 Å². The molecule has 0 aliphatic rings. The molecule has 0 bridgehead atoms. The molecule has 0 aliphatic heterocycles. The maximum Gasteiger partial charge on any atom is 0.305 e. The van der Waals surface area contributed by atoms with Crippen molar-refractivity contribution >= 4 is 11.9 Å². The fourth-order valence-corrected chi connectivity index (χ4v) is 8.04. The van der Waals surface area contributed by atoms with Crippen LogP contribution >= 0.6 is 0 Å². The van der Waals surface area contributed by atoms with Gasteiger partial charge in [0, 0.05) is 12.8 Å². The third kappa shape index (κ3) is 42.5. The Kier molecular flexibility index (Phi) is 44.0. The van der Waals surface area contributed by atoms with Gasteiger partial charge in [-0.1, -0.05) is 206 Å². The van der Waals surface area contributed by atoms with Gasteiger partial charge in [-0.25, -0.2) is 0 Å². The van der Waals surface area contributed by atoms with E-state index in [4.69, 9.17) is 9.47 Å². The van der Waals surface area contributed by atoms with E-state index in [9.17, 15) is 14.7 Å². The van der Waals surface area contributed by atoms with Crippen LogP contribution in [0.15, 0.2) is 0 Å². The van der Waals surface area contributed by atoms with E-state index in [2.05, 4.69) is 19.2 Å². The molecular weight excluding hydrogens is 695 g/mol. The molecule has 0 radical (unpaired) electrons. The number of carbonyl (C=O) groups excluding carboxylic acids is 2. The Morgan fingerprint density at radius 3 is 0.982 bits per heavy atom. The van der Waals surface area contributed by atoms with Crippen molar-refractivity contribution in [3.05, 3.63) is 0 Å². The standard InChI is InChI=1S/C50H99NO5/c1-4-6-8-10-12-14-16-18-20-22-24-26-32-40-48(52)55-46-38-30-28-34-42-50(54,44-36-37-45-51-3)43-35-29-31-39-47-56-49(53)41-33-27-25-23-21-19-17-15-13-11-9-7-5-2/h51,54H,4-47H2,1-3H3. The minimum Gasteiger partial charge on any atom is -0.466 e. The summed E-state index contributed by atoms with van der Waals surface area (Å²) in [5.41, 5.74) is -0.589. The third-order valence-electron chi connectivity index (χ3n) is 11.9. The van der Waals surface area contributed by atoms with Crippen LogP contribution in [0.25, 0.3) is 0 Å². The van der Waals surface area contributed by atoms with Gasteiger partial charge in [0.15, 0.2) is 0 Å². The van der Waals surface area contributed by atoms with Crippen LogP contribution in [0, 0.1) is 0 Å². The second-order valence-corrected chi connectivity index (χ2v) is 17.5. The quantitative estimate of drug-likeness (QED) is 0.0471. The van der Waals surface area contributed by atoms with Gasteiger partial charge in [0.2, 0.25) is 0 Å². The highest BCUT2D eigenvalue weighted by Crippen LogP contribution is 2.28. The first-order valence-electron chi connectivity index (χ1n) is 25.2. The van der Waals surface area contributed by atoms with Crippen molar-refractivity contribution in [3.63, 3.8) is 0 Å². The van der Waals surface area contributed by atoms with Crippen molar-refractivity contribution in [3.8, 4) is 0 Å². The van der Waals surface area contributed by atoms with Crippen LogP contribution in [0.2, 0.25) is 0 Å². The molecule has 0 aliphatic carbocycles. The SMILES string of the molecule is CCCCCCCCCCCCCCCC(=O)OCCCCCCC(O)(CCCCCCOC(=O)CCCCCCCCCCCCCCC)CCCCNC. The Morgan fingerprint density at radius 1 is 0.393 bits per heavy atom. The lowest BCUT2D eigenvalue weighted by atomic mass is 9.85. The molecule has 6 heteroatoms. The first kappa shape index (κ1) is 54.9. The first-order chi connectivity index (χ1) is 27.5. The number of ether oxygens (including phenoxy) is 2. The van der Waals surface area contributed by atoms with Gasteiger partial charge in [0.1, 0.15) is 0 Å². The number of rotatable bonds is 47. The maximum absolute atomic E-state index is 12.2. The van der Waals surface area contributed by atoms with Crippen molar-refractivity contribution < 1.29 is 24.2 Å². The van der Waals surface area contributed by atoms with Crippen LogP contribution in [0.3, 0.4) is 0 Å². The largest absolute Gasteiger partial charge is 0.466 e. The summed E-state index contributed by atoms with van der Waals surface area (Å²) in [5, 5.41) is 14.8. The zero-order valence-electron chi connectivity index (χ0n) is 38.2. The van der Waals surface area contributed by atoms with E-state index in [0.29, 0.717) is 26.1 Å². The number of esters is 2. The van der Waals surface area contributed by atoms with Gasteiger partial charge < -0.3 is 19.9 Å². The number of unbranched alkanes of at least 4 members (excludes halogenated alkanes) is 31. The second kappa shape index (κ2) is 45.0. The normalized spacial score (nSPS) is 11.7. The smallest absolute Gasteiger partial charge is 0.305 e. The van der Waals surface area contributed by atoms with E-state index >= 15 is 0 Å². The summed E-state index contributed by atoms with van der Waals surface area (Å²) in [6.07, 6.45) is 48.0. The predicted molar refractivity (Wildman–Crippen MR) is 241 cm³/mol. The molecule has 0 spiro atoms. The van der Waals surface area contributed by atoms with Crippen LogP contribution in [0.5, 0.6) is 0 Å². The van der Waals surface area contributed by atoms with Crippen molar-refractivity contribution in [1.82, 2.24) is 5.32 Å².